The molecule has 0 amide bonds. The molecule has 1 saturated carbocycles. The molecule has 2 aromatic heterocycles. The van der Waals surface area contributed by atoms with Crippen LogP contribution >= 0.6 is 0 Å². The van der Waals surface area contributed by atoms with Gasteiger partial charge in [0.05, 0.1) is 21.4 Å². The second kappa shape index (κ2) is 20.3. The summed E-state index contributed by atoms with van der Waals surface area (Å²) in [6, 6.07) is 5.74. The summed E-state index contributed by atoms with van der Waals surface area (Å²) in [4.78, 5) is 14.3. The number of rotatable bonds is 24. The van der Waals surface area contributed by atoms with Crippen LogP contribution in [0, 0.1) is 17.8 Å². The van der Waals surface area contributed by atoms with Crippen molar-refractivity contribution in [3.05, 3.63) is 36.4 Å². The third-order valence-electron chi connectivity index (χ3n) is 9.13. The molecule has 40 heavy (non-hydrogen) atoms. The van der Waals surface area contributed by atoms with E-state index < -0.39 is 0 Å². The van der Waals surface area contributed by atoms with Crippen LogP contribution in [0.15, 0.2) is 30.7 Å². The van der Waals surface area contributed by atoms with E-state index in [0.29, 0.717) is 0 Å². The van der Waals surface area contributed by atoms with Gasteiger partial charge in [-0.05, 0) is 42.7 Å². The van der Waals surface area contributed by atoms with Gasteiger partial charge in [-0.25, -0.2) is 0 Å². The lowest BCUT2D eigenvalue weighted by molar-refractivity contribution is 0.430. The molecule has 1 aliphatic carbocycles. The van der Waals surface area contributed by atoms with Gasteiger partial charge in [0.2, 0.25) is 0 Å². The van der Waals surface area contributed by atoms with Gasteiger partial charge in [-0.2, -0.15) is 0 Å². The zero-order valence-corrected chi connectivity index (χ0v) is 27.9. The summed E-state index contributed by atoms with van der Waals surface area (Å²) in [5.74, 6) is 2.83. The molecule has 0 radical (unpaired) electrons. The molecule has 0 spiro atoms. The van der Waals surface area contributed by atoms with Crippen LogP contribution in [0.2, 0.25) is 6.04 Å². The predicted molar refractivity (Wildman–Crippen MR) is 177 cm³/mol. The Morgan fingerprint density at radius 1 is 0.750 bits per heavy atom. The summed E-state index contributed by atoms with van der Waals surface area (Å²) in [6.45, 7) is 7.19. The molecule has 0 saturated heterocycles. The van der Waals surface area contributed by atoms with E-state index in [2.05, 4.69) is 37.9 Å². The highest BCUT2D eigenvalue weighted by molar-refractivity contribution is 6.52. The minimum absolute atomic E-state index is 0.376. The van der Waals surface area contributed by atoms with Crippen LogP contribution in [-0.2, 0) is 6.42 Å². The van der Waals surface area contributed by atoms with Crippen molar-refractivity contribution in [2.75, 3.05) is 0 Å². The third kappa shape index (κ3) is 14.9. The fraction of sp³-hybridized carbons (Fsp3) is 0.750. The van der Waals surface area contributed by atoms with Gasteiger partial charge in [0.1, 0.15) is 0 Å². The van der Waals surface area contributed by atoms with Gasteiger partial charge in [0, 0.05) is 29.0 Å². The highest BCUT2D eigenvalue weighted by atomic mass is 28.2. The average Bonchev–Trinajstić information content (AvgIpc) is 3.80. The highest BCUT2D eigenvalue weighted by Gasteiger charge is 2.19. The lowest BCUT2D eigenvalue weighted by Gasteiger charge is -2.13. The molecule has 1 aliphatic rings. The first-order valence-corrected chi connectivity index (χ1v) is 19.1. The van der Waals surface area contributed by atoms with Crippen molar-refractivity contribution in [1.29, 1.82) is 0 Å². The molecule has 1 fully saturated rings. The fourth-order valence-electron chi connectivity index (χ4n) is 6.01. The molecular weight excluding hydrogens is 503 g/mol. The Hall–Kier alpha value is -1.55. The minimum atomic E-state index is -0.376. The van der Waals surface area contributed by atoms with Crippen molar-refractivity contribution in [3.8, 4) is 11.3 Å². The smallest absolute Gasteiger partial charge is 0.0898 e. The molecule has 2 heterocycles. The van der Waals surface area contributed by atoms with Crippen LogP contribution in [-0.4, -0.2) is 24.5 Å². The van der Waals surface area contributed by atoms with Gasteiger partial charge in [0.25, 0.3) is 0 Å². The Kier molecular flexibility index (Phi) is 16.8. The van der Waals surface area contributed by atoms with E-state index in [4.69, 9.17) is 9.97 Å². The van der Waals surface area contributed by atoms with Crippen LogP contribution < -0.4 is 5.32 Å². The Morgan fingerprint density at radius 3 is 2.12 bits per heavy atom. The van der Waals surface area contributed by atoms with Crippen LogP contribution in [0.3, 0.4) is 0 Å². The van der Waals surface area contributed by atoms with Crippen LogP contribution in [0.25, 0.3) is 11.3 Å². The van der Waals surface area contributed by atoms with E-state index in [-0.39, 0.29) is 9.52 Å². The summed E-state index contributed by atoms with van der Waals surface area (Å²) in [5.41, 5.74) is 3.31. The SMILES string of the molecule is CCCCCC(C)CCCCCC(C)C[SiH2]c1cncc(-c2ccc(CCCCCCCCCC3CC3)nc2)n1. The molecule has 0 N–H and O–H groups in total. The molecule has 2 unspecified atom stereocenters. The summed E-state index contributed by atoms with van der Waals surface area (Å²) < 4.78 is 0. The monoisotopic (exact) mass is 563 g/mol. The summed E-state index contributed by atoms with van der Waals surface area (Å²) in [5, 5.41) is 1.25. The Bertz CT molecular complexity index is 895. The van der Waals surface area contributed by atoms with Crippen molar-refractivity contribution >= 4 is 14.8 Å². The normalized spacial score (nSPS) is 15.2. The van der Waals surface area contributed by atoms with Gasteiger partial charge in [-0.15, -0.1) is 0 Å². The first-order valence-electron chi connectivity index (χ1n) is 17.4. The van der Waals surface area contributed by atoms with Crippen molar-refractivity contribution in [1.82, 2.24) is 15.0 Å². The topological polar surface area (TPSA) is 38.7 Å². The van der Waals surface area contributed by atoms with E-state index in [9.17, 15) is 0 Å². The quantitative estimate of drug-likeness (QED) is 0.0942. The maximum Gasteiger partial charge on any atom is 0.0898 e. The van der Waals surface area contributed by atoms with Crippen molar-refractivity contribution in [2.45, 2.75) is 155 Å². The number of aryl methyl sites for hydroxylation is 1. The van der Waals surface area contributed by atoms with Gasteiger partial charge >= 0.3 is 0 Å². The molecule has 2 atom stereocenters. The lowest BCUT2D eigenvalue weighted by Crippen LogP contribution is -2.21. The maximum atomic E-state index is 4.99. The average molecular weight is 564 g/mol. The van der Waals surface area contributed by atoms with Crippen molar-refractivity contribution in [3.63, 3.8) is 0 Å². The Labute approximate surface area is 250 Å². The van der Waals surface area contributed by atoms with Crippen LogP contribution in [0.1, 0.15) is 148 Å². The van der Waals surface area contributed by atoms with Gasteiger partial charge in [-0.3, -0.25) is 15.0 Å². The first-order chi connectivity index (χ1) is 19.6. The van der Waals surface area contributed by atoms with E-state index in [1.807, 2.05) is 18.6 Å². The molecule has 4 heteroatoms. The second-order valence-electron chi connectivity index (χ2n) is 13.3. The molecule has 0 bridgehead atoms. The molecule has 0 aliphatic heterocycles. The van der Waals surface area contributed by atoms with Crippen molar-refractivity contribution in [2.24, 2.45) is 17.8 Å². The standard InChI is InChI=1S/C36H61N3Si/c1-4-5-12-17-30(2)18-13-11-14-19-31(3)29-40-36-28-37-27-35(39-36)33-24-25-34(38-26-33)21-16-10-8-6-7-9-15-20-32-22-23-32/h24-28,30-32H,4-23,29,40H2,1-3H3. The summed E-state index contributed by atoms with van der Waals surface area (Å²) in [7, 11) is -0.376. The van der Waals surface area contributed by atoms with Crippen LogP contribution in [0.4, 0.5) is 0 Å². The lowest BCUT2D eigenvalue weighted by atomic mass is 9.96. The van der Waals surface area contributed by atoms with Crippen LogP contribution in [0.5, 0.6) is 0 Å². The highest BCUT2D eigenvalue weighted by Crippen LogP contribution is 2.34. The Balaban J connectivity index is 1.25. The molecular formula is C36H61N3Si. The van der Waals surface area contributed by atoms with Gasteiger partial charge in [-0.1, -0.05) is 142 Å². The minimum Gasteiger partial charge on any atom is -0.261 e. The summed E-state index contributed by atoms with van der Waals surface area (Å²) in [6.07, 6.45) is 33.9. The van der Waals surface area contributed by atoms with Crippen molar-refractivity contribution < 1.29 is 0 Å². The third-order valence-corrected chi connectivity index (χ3v) is 11.3. The number of hydrogen-bond acceptors (Lipinski definition) is 3. The number of hydrogen-bond donors (Lipinski definition) is 0. The molecule has 0 aromatic carbocycles. The van der Waals surface area contributed by atoms with E-state index in [1.165, 1.54) is 139 Å². The zero-order valence-electron chi connectivity index (χ0n) is 26.5. The number of aromatic nitrogens is 3. The fourth-order valence-corrected chi connectivity index (χ4v) is 7.60. The molecule has 3 nitrogen and oxygen atoms in total. The second-order valence-corrected chi connectivity index (χ2v) is 15.1. The number of nitrogens with zero attached hydrogens (tertiary/aromatic N) is 3. The van der Waals surface area contributed by atoms with E-state index in [0.717, 1.165) is 35.4 Å². The number of unbranched alkanes of at least 4 members (excludes halogenated alkanes) is 10. The molecule has 3 rings (SSSR count). The predicted octanol–water partition coefficient (Wildman–Crippen LogP) is 9.63. The zero-order chi connectivity index (χ0) is 28.3. The summed E-state index contributed by atoms with van der Waals surface area (Å²) >= 11 is 0. The first kappa shape index (κ1) is 33.0. The number of pyridine rings is 1. The van der Waals surface area contributed by atoms with Gasteiger partial charge < -0.3 is 0 Å². The van der Waals surface area contributed by atoms with Gasteiger partial charge in [0.15, 0.2) is 0 Å². The van der Waals surface area contributed by atoms with E-state index in [1.54, 1.807) is 0 Å². The Morgan fingerprint density at radius 2 is 1.43 bits per heavy atom. The largest absolute Gasteiger partial charge is 0.261 e. The molecule has 2 aromatic rings. The molecule has 224 valence electrons. The van der Waals surface area contributed by atoms with E-state index >= 15 is 0 Å². The maximum absolute atomic E-state index is 4.99.